The highest BCUT2D eigenvalue weighted by molar-refractivity contribution is 7.23. The summed E-state index contributed by atoms with van der Waals surface area (Å²) in [4.78, 5) is 17.5. The average molecular weight is 504 g/mol. The molecule has 0 heterocycles. The molecule has 37 heavy (non-hydrogen) atoms. The SMILES string of the molecule is [B]c1cc(OO)ccc1[Si](c1ccc(OO)cc1[B])(c1ccc(OO)cc1[B])c1ccc(OO)cc1[B]. The standard InChI is InChI=1S/C24H16B4O8Si/c25-17-9-13(33-29)1-5-21(17)37(22-6-2-14(34-30)10-18(22)26,23-7-3-15(35-31)11-19(23)27)24-8-4-16(36-32)12-20(24)28/h1-12,29-32H. The molecular formula is C24H16B4O8Si. The number of hydrogen-bond donors (Lipinski definition) is 4. The first kappa shape index (κ1) is 26.5. The van der Waals surface area contributed by atoms with Crippen LogP contribution in [0.5, 0.6) is 23.0 Å². The predicted octanol–water partition coefficient (Wildman–Crippen LogP) is -2.35. The molecule has 0 aliphatic carbocycles. The third kappa shape index (κ3) is 4.63. The molecular weight excluding hydrogens is 488 g/mol. The quantitative estimate of drug-likeness (QED) is 0.0914. The van der Waals surface area contributed by atoms with Crippen LogP contribution in [-0.4, -0.2) is 60.5 Å². The summed E-state index contributed by atoms with van der Waals surface area (Å²) in [6, 6.07) is 18.4. The molecule has 0 saturated carbocycles. The Labute approximate surface area is 218 Å². The molecule has 0 spiro atoms. The molecule has 8 radical (unpaired) electrons. The molecule has 0 amide bonds. The van der Waals surface area contributed by atoms with Crippen molar-refractivity contribution in [3.8, 4) is 23.0 Å². The van der Waals surface area contributed by atoms with Crippen molar-refractivity contribution in [3.63, 3.8) is 0 Å². The molecule has 0 aliphatic heterocycles. The largest absolute Gasteiger partial charge is 0.340 e. The molecule has 4 aromatic rings. The first-order valence-corrected chi connectivity index (χ1v) is 12.7. The van der Waals surface area contributed by atoms with Crippen LogP contribution in [0.1, 0.15) is 0 Å². The molecule has 0 fully saturated rings. The van der Waals surface area contributed by atoms with E-state index in [4.69, 9.17) is 31.4 Å². The number of rotatable bonds is 8. The van der Waals surface area contributed by atoms with Crippen molar-refractivity contribution in [1.82, 2.24) is 0 Å². The van der Waals surface area contributed by atoms with E-state index in [-0.39, 0.29) is 44.8 Å². The minimum absolute atomic E-state index is 0.0927. The van der Waals surface area contributed by atoms with Crippen LogP contribution in [0.2, 0.25) is 0 Å². The van der Waals surface area contributed by atoms with Gasteiger partial charge in [0.2, 0.25) is 0 Å². The zero-order chi connectivity index (χ0) is 26.7. The van der Waals surface area contributed by atoms with E-state index in [1.807, 2.05) is 0 Å². The fourth-order valence-electron chi connectivity index (χ4n) is 4.63. The van der Waals surface area contributed by atoms with Gasteiger partial charge < -0.3 is 19.6 Å². The van der Waals surface area contributed by atoms with Crippen molar-refractivity contribution in [1.29, 1.82) is 0 Å². The minimum atomic E-state index is -3.67. The highest BCUT2D eigenvalue weighted by atomic mass is 28.3. The number of hydrogen-bond acceptors (Lipinski definition) is 8. The summed E-state index contributed by atoms with van der Waals surface area (Å²) in [7, 11) is 22.5. The molecule has 0 aromatic heterocycles. The van der Waals surface area contributed by atoms with Gasteiger partial charge in [-0.25, -0.2) is 21.0 Å². The Morgan fingerprint density at radius 3 is 0.784 bits per heavy atom. The minimum Gasteiger partial charge on any atom is -0.340 e. The van der Waals surface area contributed by atoms with Crippen molar-refractivity contribution in [2.45, 2.75) is 0 Å². The Morgan fingerprint density at radius 2 is 0.622 bits per heavy atom. The second kappa shape index (κ2) is 10.8. The van der Waals surface area contributed by atoms with Crippen molar-refractivity contribution in [2.75, 3.05) is 0 Å². The van der Waals surface area contributed by atoms with Gasteiger partial charge in [0.05, 0.1) is 0 Å². The molecule has 0 unspecified atom stereocenters. The van der Waals surface area contributed by atoms with Crippen LogP contribution in [-0.2, 0) is 0 Å². The monoisotopic (exact) mass is 504 g/mol. The van der Waals surface area contributed by atoms with Crippen LogP contribution < -0.4 is 62.1 Å². The summed E-state index contributed by atoms with van der Waals surface area (Å²) >= 11 is 0. The molecule has 0 aliphatic rings. The Morgan fingerprint density at radius 1 is 0.405 bits per heavy atom. The van der Waals surface area contributed by atoms with Gasteiger partial charge >= 0.3 is 0 Å². The lowest BCUT2D eigenvalue weighted by Crippen LogP contribution is -2.83. The molecule has 0 saturated heterocycles. The molecule has 4 rings (SSSR count). The average Bonchev–Trinajstić information content (AvgIpc) is 2.91. The van der Waals surface area contributed by atoms with E-state index in [0.29, 0.717) is 20.7 Å². The molecule has 176 valence electrons. The van der Waals surface area contributed by atoms with Gasteiger partial charge in [-0.2, -0.15) is 0 Å². The Kier molecular flexibility index (Phi) is 7.72. The van der Waals surface area contributed by atoms with Crippen molar-refractivity contribution in [3.05, 3.63) is 72.8 Å². The van der Waals surface area contributed by atoms with Gasteiger partial charge in [0.1, 0.15) is 31.4 Å². The zero-order valence-corrected chi connectivity index (χ0v) is 20.2. The summed E-state index contributed by atoms with van der Waals surface area (Å²) in [6.45, 7) is 0. The van der Waals surface area contributed by atoms with E-state index >= 15 is 0 Å². The lowest BCUT2D eigenvalue weighted by atomic mass is 9.94. The van der Waals surface area contributed by atoms with E-state index in [9.17, 15) is 21.0 Å². The Balaban J connectivity index is 2.24. The van der Waals surface area contributed by atoms with E-state index in [2.05, 4.69) is 19.6 Å². The predicted molar refractivity (Wildman–Crippen MR) is 145 cm³/mol. The fourth-order valence-corrected chi connectivity index (χ4v) is 9.72. The van der Waals surface area contributed by atoms with Crippen LogP contribution in [0.4, 0.5) is 0 Å². The summed E-state index contributed by atoms with van der Waals surface area (Å²) in [5.41, 5.74) is 0.903. The number of benzene rings is 4. The first-order valence-electron chi connectivity index (χ1n) is 10.7. The Bertz CT molecular complexity index is 1230. The van der Waals surface area contributed by atoms with Crippen molar-refractivity contribution in [2.24, 2.45) is 0 Å². The summed E-state index contributed by atoms with van der Waals surface area (Å²) in [5, 5.41) is 39.0. The van der Waals surface area contributed by atoms with E-state index < -0.39 is 8.07 Å². The molecule has 4 N–H and O–H groups in total. The van der Waals surface area contributed by atoms with Crippen molar-refractivity contribution < 1.29 is 40.6 Å². The lowest BCUT2D eigenvalue weighted by molar-refractivity contribution is -0.137. The lowest BCUT2D eigenvalue weighted by Gasteiger charge is -2.39. The van der Waals surface area contributed by atoms with Crippen LogP contribution in [0.3, 0.4) is 0 Å². The van der Waals surface area contributed by atoms with Crippen LogP contribution >= 0.6 is 0 Å². The molecule has 0 bridgehead atoms. The van der Waals surface area contributed by atoms with Gasteiger partial charge in [0, 0.05) is 0 Å². The van der Waals surface area contributed by atoms with E-state index in [0.717, 1.165) is 0 Å². The smallest absolute Gasteiger partial charge is 0.177 e. The van der Waals surface area contributed by atoms with Gasteiger partial charge in [0.25, 0.3) is 0 Å². The first-order chi connectivity index (χ1) is 17.8. The van der Waals surface area contributed by atoms with Crippen molar-refractivity contribution >= 4 is 82.1 Å². The highest BCUT2D eigenvalue weighted by Crippen LogP contribution is 2.15. The van der Waals surface area contributed by atoms with Crippen LogP contribution in [0.15, 0.2) is 72.8 Å². The van der Waals surface area contributed by atoms with Crippen LogP contribution in [0, 0.1) is 0 Å². The summed E-state index contributed by atoms with van der Waals surface area (Å²) in [6.07, 6.45) is 0. The van der Waals surface area contributed by atoms with Gasteiger partial charge in [-0.15, -0.1) is 0 Å². The van der Waals surface area contributed by atoms with Gasteiger partial charge in [-0.3, -0.25) is 0 Å². The fraction of sp³-hybridized carbons (Fsp3) is 0. The van der Waals surface area contributed by atoms with Gasteiger partial charge in [0.15, 0.2) is 31.1 Å². The van der Waals surface area contributed by atoms with Gasteiger partial charge in [-0.05, 0) is 48.5 Å². The topological polar surface area (TPSA) is 118 Å². The molecule has 8 nitrogen and oxygen atoms in total. The van der Waals surface area contributed by atoms with E-state index in [1.165, 1.54) is 48.5 Å². The highest BCUT2D eigenvalue weighted by Gasteiger charge is 2.44. The molecule has 4 aromatic carbocycles. The molecule has 13 heteroatoms. The van der Waals surface area contributed by atoms with Gasteiger partial charge in [-0.1, -0.05) is 66.9 Å². The third-order valence-corrected chi connectivity index (χ3v) is 11.2. The zero-order valence-electron chi connectivity index (χ0n) is 19.2. The second-order valence-corrected chi connectivity index (χ2v) is 11.8. The van der Waals surface area contributed by atoms with Crippen LogP contribution in [0.25, 0.3) is 0 Å². The summed E-state index contributed by atoms with van der Waals surface area (Å²) in [5.74, 6) is 0.371. The normalized spacial score (nSPS) is 11.1. The maximum absolute atomic E-state index is 9.20. The maximum Gasteiger partial charge on any atom is 0.177 e. The Hall–Kier alpha value is -3.60. The summed E-state index contributed by atoms with van der Waals surface area (Å²) < 4.78 is 0. The molecule has 0 atom stereocenters. The second-order valence-electron chi connectivity index (χ2n) is 8.11. The maximum atomic E-state index is 9.20. The third-order valence-electron chi connectivity index (χ3n) is 6.13. The van der Waals surface area contributed by atoms with E-state index in [1.54, 1.807) is 24.3 Å².